The molecule has 2 atom stereocenters. The molecule has 0 aliphatic carbocycles. The van der Waals surface area contributed by atoms with Crippen LogP contribution in [0.1, 0.15) is 19.4 Å². The molecular weight excluding hydrogens is 238 g/mol. The van der Waals surface area contributed by atoms with E-state index in [1.807, 2.05) is 7.05 Å². The molecule has 104 valence electrons. The molecule has 2 rings (SSSR count). The van der Waals surface area contributed by atoms with Crippen LogP contribution in [0.5, 0.6) is 0 Å². The Morgan fingerprint density at radius 3 is 2.47 bits per heavy atom. The van der Waals surface area contributed by atoms with Gasteiger partial charge in [0.05, 0.1) is 0 Å². The summed E-state index contributed by atoms with van der Waals surface area (Å²) in [5, 5.41) is 0. The lowest BCUT2D eigenvalue weighted by Gasteiger charge is -2.44. The van der Waals surface area contributed by atoms with E-state index in [9.17, 15) is 4.79 Å². The highest BCUT2D eigenvalue weighted by Crippen LogP contribution is 2.23. The van der Waals surface area contributed by atoms with Gasteiger partial charge in [-0.05, 0) is 31.0 Å². The van der Waals surface area contributed by atoms with Crippen molar-refractivity contribution < 1.29 is 4.79 Å². The number of piperazine rings is 1. The number of nitrogens with two attached hydrogens (primary N) is 1. The number of hydrogen-bond acceptors (Lipinski definition) is 3. The van der Waals surface area contributed by atoms with Crippen LogP contribution in [0.2, 0.25) is 0 Å². The summed E-state index contributed by atoms with van der Waals surface area (Å²) in [7, 11) is 1.85. The van der Waals surface area contributed by atoms with Gasteiger partial charge in [0.15, 0.2) is 0 Å². The number of carbonyl (C=O) groups excluding carboxylic acids is 1. The second-order valence-corrected chi connectivity index (χ2v) is 5.22. The number of benzene rings is 1. The molecule has 0 aromatic heterocycles. The minimum Gasteiger partial charge on any atom is -0.356 e. The number of carbonyl (C=O) groups is 1. The first-order valence-electron chi connectivity index (χ1n) is 6.90. The summed E-state index contributed by atoms with van der Waals surface area (Å²) in [6, 6.07) is 8.39. The molecule has 4 nitrogen and oxygen atoms in total. The van der Waals surface area contributed by atoms with Gasteiger partial charge in [0.2, 0.25) is 5.91 Å². The zero-order valence-corrected chi connectivity index (χ0v) is 12.0. The molecule has 0 radical (unpaired) electrons. The number of anilines is 1. The predicted octanol–water partition coefficient (Wildman–Crippen LogP) is 1.24. The van der Waals surface area contributed by atoms with E-state index in [2.05, 4.69) is 43.0 Å². The molecule has 2 N–H and O–H groups in total. The number of nitrogens with zero attached hydrogens (tertiary/aromatic N) is 2. The second kappa shape index (κ2) is 5.61. The van der Waals surface area contributed by atoms with E-state index in [1.54, 1.807) is 4.90 Å². The first-order valence-corrected chi connectivity index (χ1v) is 6.90. The normalized spacial score (nSPS) is 23.9. The van der Waals surface area contributed by atoms with Crippen LogP contribution in [0.4, 0.5) is 5.69 Å². The highest BCUT2D eigenvalue weighted by atomic mass is 16.2. The van der Waals surface area contributed by atoms with Crippen LogP contribution >= 0.6 is 0 Å². The minimum absolute atomic E-state index is 0.112. The van der Waals surface area contributed by atoms with Gasteiger partial charge >= 0.3 is 0 Å². The third kappa shape index (κ3) is 2.59. The van der Waals surface area contributed by atoms with E-state index >= 15 is 0 Å². The van der Waals surface area contributed by atoms with Crippen LogP contribution in [0.25, 0.3) is 0 Å². The summed E-state index contributed by atoms with van der Waals surface area (Å²) in [4.78, 5) is 16.2. The number of likely N-dealkylation sites (N-methyl/N-ethyl adjacent to an activating group) is 1. The van der Waals surface area contributed by atoms with Gasteiger partial charge in [-0.3, -0.25) is 4.79 Å². The SMILES string of the molecule is CCc1ccc(N2CC(C)N(C)C(=O)C2CN)cc1. The fourth-order valence-electron chi connectivity index (χ4n) is 2.56. The zero-order chi connectivity index (χ0) is 14.0. The average molecular weight is 261 g/mol. The fraction of sp³-hybridized carbons (Fsp3) is 0.533. The molecule has 1 heterocycles. The molecule has 1 fully saturated rings. The Morgan fingerprint density at radius 1 is 1.32 bits per heavy atom. The van der Waals surface area contributed by atoms with Crippen LogP contribution in [0.3, 0.4) is 0 Å². The second-order valence-electron chi connectivity index (χ2n) is 5.22. The highest BCUT2D eigenvalue weighted by molar-refractivity contribution is 5.87. The molecule has 1 saturated heterocycles. The van der Waals surface area contributed by atoms with E-state index in [4.69, 9.17) is 5.73 Å². The van der Waals surface area contributed by atoms with Crippen molar-refractivity contribution in [3.05, 3.63) is 29.8 Å². The molecule has 0 bridgehead atoms. The van der Waals surface area contributed by atoms with Crippen molar-refractivity contribution in [2.75, 3.05) is 25.0 Å². The van der Waals surface area contributed by atoms with Crippen LogP contribution < -0.4 is 10.6 Å². The highest BCUT2D eigenvalue weighted by Gasteiger charge is 2.35. The third-order valence-corrected chi connectivity index (χ3v) is 4.03. The van der Waals surface area contributed by atoms with E-state index in [1.165, 1.54) is 5.56 Å². The standard InChI is InChI=1S/C15H23N3O/c1-4-12-5-7-13(8-6-12)18-10-11(2)17(3)15(19)14(18)9-16/h5-8,11,14H,4,9-10,16H2,1-3H3. The number of rotatable bonds is 3. The Bertz CT molecular complexity index is 443. The lowest BCUT2D eigenvalue weighted by molar-refractivity contribution is -0.134. The maximum absolute atomic E-state index is 12.3. The minimum atomic E-state index is -0.242. The van der Waals surface area contributed by atoms with E-state index in [0.717, 1.165) is 18.7 Å². The summed E-state index contributed by atoms with van der Waals surface area (Å²) in [6.45, 7) is 5.39. The first-order chi connectivity index (χ1) is 9.08. The monoisotopic (exact) mass is 261 g/mol. The van der Waals surface area contributed by atoms with E-state index < -0.39 is 0 Å². The molecule has 0 spiro atoms. The van der Waals surface area contributed by atoms with Crippen LogP contribution in [-0.4, -0.2) is 43.0 Å². The molecular formula is C15H23N3O. The van der Waals surface area contributed by atoms with Crippen molar-refractivity contribution in [1.29, 1.82) is 0 Å². The fourth-order valence-corrected chi connectivity index (χ4v) is 2.56. The smallest absolute Gasteiger partial charge is 0.246 e. The molecule has 1 aliphatic rings. The van der Waals surface area contributed by atoms with Gasteiger partial charge in [0, 0.05) is 31.9 Å². The number of hydrogen-bond donors (Lipinski definition) is 1. The Hall–Kier alpha value is -1.55. The summed E-state index contributed by atoms with van der Waals surface area (Å²) in [6.07, 6.45) is 1.03. The first kappa shape index (κ1) is 13.9. The molecule has 0 saturated carbocycles. The average Bonchev–Trinajstić information content (AvgIpc) is 2.44. The van der Waals surface area contributed by atoms with Gasteiger partial charge in [-0.1, -0.05) is 19.1 Å². The summed E-state index contributed by atoms with van der Waals surface area (Å²) >= 11 is 0. The molecule has 1 amide bonds. The van der Waals surface area contributed by atoms with Crippen molar-refractivity contribution in [2.45, 2.75) is 32.4 Å². The summed E-state index contributed by atoms with van der Waals surface area (Å²) in [5.41, 5.74) is 8.19. The van der Waals surface area contributed by atoms with Crippen molar-refractivity contribution in [2.24, 2.45) is 5.73 Å². The Morgan fingerprint density at radius 2 is 1.95 bits per heavy atom. The van der Waals surface area contributed by atoms with E-state index in [-0.39, 0.29) is 18.0 Å². The van der Waals surface area contributed by atoms with Gasteiger partial charge < -0.3 is 15.5 Å². The number of amides is 1. The summed E-state index contributed by atoms with van der Waals surface area (Å²) < 4.78 is 0. The molecule has 1 aliphatic heterocycles. The van der Waals surface area contributed by atoms with E-state index in [0.29, 0.717) is 6.54 Å². The van der Waals surface area contributed by atoms with Gasteiger partial charge in [0.25, 0.3) is 0 Å². The van der Waals surface area contributed by atoms with Crippen LogP contribution in [-0.2, 0) is 11.2 Å². The number of aryl methyl sites for hydroxylation is 1. The topological polar surface area (TPSA) is 49.6 Å². The maximum atomic E-state index is 12.3. The molecule has 2 unspecified atom stereocenters. The Kier molecular flexibility index (Phi) is 4.10. The predicted molar refractivity (Wildman–Crippen MR) is 78.2 cm³/mol. The molecule has 1 aromatic carbocycles. The molecule has 19 heavy (non-hydrogen) atoms. The molecule has 4 heteroatoms. The van der Waals surface area contributed by atoms with Crippen molar-refractivity contribution in [3.63, 3.8) is 0 Å². The van der Waals surface area contributed by atoms with Gasteiger partial charge in [-0.2, -0.15) is 0 Å². The lowest BCUT2D eigenvalue weighted by atomic mass is 10.0. The van der Waals surface area contributed by atoms with Crippen molar-refractivity contribution in [3.8, 4) is 0 Å². The maximum Gasteiger partial charge on any atom is 0.246 e. The third-order valence-electron chi connectivity index (χ3n) is 4.03. The van der Waals surface area contributed by atoms with Gasteiger partial charge in [-0.25, -0.2) is 0 Å². The largest absolute Gasteiger partial charge is 0.356 e. The molecule has 1 aromatic rings. The zero-order valence-electron chi connectivity index (χ0n) is 12.0. The quantitative estimate of drug-likeness (QED) is 0.890. The Balaban J connectivity index is 2.27. The van der Waals surface area contributed by atoms with Crippen molar-refractivity contribution >= 4 is 11.6 Å². The van der Waals surface area contributed by atoms with Gasteiger partial charge in [0.1, 0.15) is 6.04 Å². The summed E-state index contributed by atoms with van der Waals surface area (Å²) in [5.74, 6) is 0.112. The van der Waals surface area contributed by atoms with Crippen LogP contribution in [0, 0.1) is 0 Å². The lowest BCUT2D eigenvalue weighted by Crippen LogP contribution is -2.62. The van der Waals surface area contributed by atoms with Crippen LogP contribution in [0.15, 0.2) is 24.3 Å². The van der Waals surface area contributed by atoms with Crippen molar-refractivity contribution in [1.82, 2.24) is 4.90 Å². The Labute approximate surface area is 115 Å². The van der Waals surface area contributed by atoms with Gasteiger partial charge in [-0.15, -0.1) is 0 Å².